The molecule has 1 atom stereocenters. The standard InChI is InChI=1S/C17H25ClFNO/c1-4-20-16(14-6-5-13(18)11-15(14)19)17(21-3)9-7-12(2)8-10-17/h5-6,11-12,16,20H,4,7-10H2,1-3H3. The number of halogens is 2. The van der Waals surface area contributed by atoms with Crippen molar-refractivity contribution in [1.82, 2.24) is 5.32 Å². The molecule has 1 aliphatic rings. The van der Waals surface area contributed by atoms with Gasteiger partial charge in [0.1, 0.15) is 5.82 Å². The smallest absolute Gasteiger partial charge is 0.129 e. The zero-order valence-electron chi connectivity index (χ0n) is 13.1. The van der Waals surface area contributed by atoms with Gasteiger partial charge in [-0.15, -0.1) is 0 Å². The molecule has 0 spiro atoms. The van der Waals surface area contributed by atoms with Crippen molar-refractivity contribution in [2.45, 2.75) is 51.2 Å². The molecule has 0 saturated heterocycles. The molecular formula is C17H25ClFNO. The van der Waals surface area contributed by atoms with Crippen molar-refractivity contribution in [3.63, 3.8) is 0 Å². The van der Waals surface area contributed by atoms with E-state index in [9.17, 15) is 4.39 Å². The summed E-state index contributed by atoms with van der Waals surface area (Å²) in [6, 6.07) is 4.77. The van der Waals surface area contributed by atoms with Gasteiger partial charge in [0.05, 0.1) is 11.6 Å². The zero-order chi connectivity index (χ0) is 15.5. The van der Waals surface area contributed by atoms with Gasteiger partial charge >= 0.3 is 0 Å². The van der Waals surface area contributed by atoms with E-state index < -0.39 is 0 Å². The number of rotatable bonds is 5. The molecule has 1 N–H and O–H groups in total. The Balaban J connectivity index is 2.36. The highest BCUT2D eigenvalue weighted by Crippen LogP contribution is 2.43. The predicted molar refractivity (Wildman–Crippen MR) is 85.2 cm³/mol. The minimum absolute atomic E-state index is 0.141. The number of hydrogen-bond acceptors (Lipinski definition) is 2. The minimum Gasteiger partial charge on any atom is -0.376 e. The van der Waals surface area contributed by atoms with Crippen molar-refractivity contribution >= 4 is 11.6 Å². The Kier molecular flexibility index (Phi) is 5.64. The molecule has 21 heavy (non-hydrogen) atoms. The van der Waals surface area contributed by atoms with Crippen LogP contribution in [0.25, 0.3) is 0 Å². The highest BCUT2D eigenvalue weighted by atomic mass is 35.5. The molecule has 2 rings (SSSR count). The molecule has 0 aromatic heterocycles. The lowest BCUT2D eigenvalue weighted by atomic mass is 9.73. The first-order valence-electron chi connectivity index (χ1n) is 7.76. The molecule has 4 heteroatoms. The van der Waals surface area contributed by atoms with Gasteiger partial charge in [-0.05, 0) is 50.3 Å². The van der Waals surface area contributed by atoms with Crippen LogP contribution >= 0.6 is 11.6 Å². The summed E-state index contributed by atoms with van der Waals surface area (Å²) in [5.74, 6) is 0.453. The Morgan fingerprint density at radius 1 is 1.43 bits per heavy atom. The SMILES string of the molecule is CCNC(c1ccc(Cl)cc1F)C1(OC)CCC(C)CC1. The summed E-state index contributed by atoms with van der Waals surface area (Å²) < 4.78 is 20.3. The Hall–Kier alpha value is -0.640. The Morgan fingerprint density at radius 3 is 2.62 bits per heavy atom. The molecule has 1 aromatic carbocycles. The molecule has 118 valence electrons. The first-order chi connectivity index (χ1) is 10.0. The van der Waals surface area contributed by atoms with E-state index in [1.54, 1.807) is 19.2 Å². The van der Waals surface area contributed by atoms with Gasteiger partial charge in [-0.3, -0.25) is 0 Å². The van der Waals surface area contributed by atoms with E-state index in [-0.39, 0.29) is 17.5 Å². The van der Waals surface area contributed by atoms with Gasteiger partial charge < -0.3 is 10.1 Å². The van der Waals surface area contributed by atoms with Crippen LogP contribution in [0.4, 0.5) is 4.39 Å². The highest BCUT2D eigenvalue weighted by molar-refractivity contribution is 6.30. The fraction of sp³-hybridized carbons (Fsp3) is 0.647. The van der Waals surface area contributed by atoms with Gasteiger partial charge in [0.25, 0.3) is 0 Å². The van der Waals surface area contributed by atoms with Crippen LogP contribution in [-0.4, -0.2) is 19.3 Å². The summed E-state index contributed by atoms with van der Waals surface area (Å²) in [6.45, 7) is 5.08. The largest absolute Gasteiger partial charge is 0.376 e. The first kappa shape index (κ1) is 16.7. The summed E-state index contributed by atoms with van der Waals surface area (Å²) in [7, 11) is 1.74. The molecule has 1 aliphatic carbocycles. The van der Waals surface area contributed by atoms with Crippen LogP contribution in [0.3, 0.4) is 0 Å². The second-order valence-corrected chi connectivity index (χ2v) is 6.54. The van der Waals surface area contributed by atoms with Crippen LogP contribution in [0.2, 0.25) is 5.02 Å². The van der Waals surface area contributed by atoms with Crippen molar-refractivity contribution in [2.24, 2.45) is 5.92 Å². The Morgan fingerprint density at radius 2 is 2.10 bits per heavy atom. The summed E-state index contributed by atoms with van der Waals surface area (Å²) in [5.41, 5.74) is 0.314. The fourth-order valence-corrected chi connectivity index (χ4v) is 3.54. The number of likely N-dealkylation sites (N-methyl/N-ethyl adjacent to an activating group) is 1. The summed E-state index contributed by atoms with van der Waals surface area (Å²) >= 11 is 5.88. The van der Waals surface area contributed by atoms with E-state index in [0.717, 1.165) is 32.2 Å². The maximum Gasteiger partial charge on any atom is 0.129 e. The van der Waals surface area contributed by atoms with Crippen LogP contribution in [0, 0.1) is 11.7 Å². The zero-order valence-corrected chi connectivity index (χ0v) is 13.8. The van der Waals surface area contributed by atoms with Crippen LogP contribution in [0.5, 0.6) is 0 Å². The number of nitrogens with one attached hydrogen (secondary N) is 1. The van der Waals surface area contributed by atoms with Crippen molar-refractivity contribution < 1.29 is 9.13 Å². The molecule has 1 aromatic rings. The minimum atomic E-state index is -0.336. The second kappa shape index (κ2) is 7.08. The molecule has 1 fully saturated rings. The molecule has 1 unspecified atom stereocenters. The van der Waals surface area contributed by atoms with Gasteiger partial charge in [-0.25, -0.2) is 4.39 Å². The van der Waals surface area contributed by atoms with Gasteiger partial charge in [-0.2, -0.15) is 0 Å². The number of benzene rings is 1. The maximum absolute atomic E-state index is 14.4. The Bertz CT molecular complexity index is 472. The molecule has 0 radical (unpaired) electrons. The highest BCUT2D eigenvalue weighted by Gasteiger charge is 2.42. The van der Waals surface area contributed by atoms with E-state index in [0.29, 0.717) is 16.5 Å². The molecule has 0 aliphatic heterocycles. The average Bonchev–Trinajstić information content (AvgIpc) is 2.47. The summed E-state index contributed by atoms with van der Waals surface area (Å²) in [5, 5.41) is 3.85. The molecule has 0 heterocycles. The van der Waals surface area contributed by atoms with Crippen molar-refractivity contribution in [3.05, 3.63) is 34.6 Å². The average molecular weight is 314 g/mol. The second-order valence-electron chi connectivity index (χ2n) is 6.11. The number of ether oxygens (including phenoxy) is 1. The predicted octanol–water partition coefficient (Wildman–Crippen LogP) is 4.73. The van der Waals surface area contributed by atoms with Gasteiger partial charge in [0, 0.05) is 17.7 Å². The van der Waals surface area contributed by atoms with Crippen LogP contribution < -0.4 is 5.32 Å². The quantitative estimate of drug-likeness (QED) is 0.849. The van der Waals surface area contributed by atoms with Gasteiger partial charge in [0.15, 0.2) is 0 Å². The van der Waals surface area contributed by atoms with Gasteiger partial charge in [-0.1, -0.05) is 31.5 Å². The third kappa shape index (κ3) is 3.58. The fourth-order valence-electron chi connectivity index (χ4n) is 3.38. The number of methoxy groups -OCH3 is 1. The first-order valence-corrected chi connectivity index (χ1v) is 8.13. The van der Waals surface area contributed by atoms with Crippen LogP contribution in [0.1, 0.15) is 51.1 Å². The summed E-state index contributed by atoms with van der Waals surface area (Å²) in [4.78, 5) is 0. The van der Waals surface area contributed by atoms with Gasteiger partial charge in [0.2, 0.25) is 0 Å². The van der Waals surface area contributed by atoms with Crippen molar-refractivity contribution in [2.75, 3.05) is 13.7 Å². The molecule has 1 saturated carbocycles. The van der Waals surface area contributed by atoms with Crippen LogP contribution in [0.15, 0.2) is 18.2 Å². The lowest BCUT2D eigenvalue weighted by molar-refractivity contribution is -0.0764. The topological polar surface area (TPSA) is 21.3 Å². The van der Waals surface area contributed by atoms with E-state index >= 15 is 0 Å². The molecular weight excluding hydrogens is 289 g/mol. The van der Waals surface area contributed by atoms with E-state index in [1.807, 2.05) is 6.92 Å². The Labute approximate surface area is 132 Å². The third-order valence-corrected chi connectivity index (χ3v) is 4.97. The lowest BCUT2D eigenvalue weighted by Gasteiger charge is -2.44. The third-order valence-electron chi connectivity index (χ3n) is 4.74. The molecule has 0 bridgehead atoms. The normalized spacial score (nSPS) is 27.6. The monoisotopic (exact) mass is 313 g/mol. The van der Waals surface area contributed by atoms with E-state index in [2.05, 4.69) is 12.2 Å². The van der Waals surface area contributed by atoms with Crippen molar-refractivity contribution in [1.29, 1.82) is 0 Å². The van der Waals surface area contributed by atoms with Crippen molar-refractivity contribution in [3.8, 4) is 0 Å². The van der Waals surface area contributed by atoms with E-state index in [1.165, 1.54) is 6.07 Å². The maximum atomic E-state index is 14.4. The molecule has 2 nitrogen and oxygen atoms in total. The molecule has 0 amide bonds. The number of hydrogen-bond donors (Lipinski definition) is 1. The lowest BCUT2D eigenvalue weighted by Crippen LogP contribution is -2.48. The van der Waals surface area contributed by atoms with E-state index in [4.69, 9.17) is 16.3 Å². The van der Waals surface area contributed by atoms with Crippen LogP contribution in [-0.2, 0) is 4.74 Å². The summed E-state index contributed by atoms with van der Waals surface area (Å²) in [6.07, 6.45) is 4.13.